The lowest BCUT2D eigenvalue weighted by Gasteiger charge is -2.11. The highest BCUT2D eigenvalue weighted by Crippen LogP contribution is 2.36. The van der Waals surface area contributed by atoms with E-state index in [1.165, 1.54) is 11.3 Å². The smallest absolute Gasteiger partial charge is 0.311 e. The van der Waals surface area contributed by atoms with Crippen molar-refractivity contribution in [2.24, 2.45) is 0 Å². The van der Waals surface area contributed by atoms with Gasteiger partial charge in [0.2, 0.25) is 0 Å². The topological polar surface area (TPSA) is 69.9 Å². The molecule has 0 saturated heterocycles. The van der Waals surface area contributed by atoms with Crippen LogP contribution >= 0.6 is 22.9 Å². The maximum atomic E-state index is 12.0. The van der Waals surface area contributed by atoms with Gasteiger partial charge < -0.3 is 9.47 Å². The van der Waals surface area contributed by atoms with Crippen LogP contribution in [0.25, 0.3) is 16.2 Å². The Bertz CT molecular complexity index is 1230. The molecule has 0 aliphatic rings. The SMILES string of the molecule is CCOC(=O)Cc1cn2c(C=O)c(-c3cc(Cl)ccc3OCc3ccccc3)nc2s1. The van der Waals surface area contributed by atoms with Gasteiger partial charge in [-0.05, 0) is 30.7 Å². The molecule has 2 aromatic carbocycles. The second kappa shape index (κ2) is 9.32. The first-order valence-corrected chi connectivity index (χ1v) is 10.9. The number of carbonyl (C=O) groups is 2. The molecule has 8 heteroatoms. The van der Waals surface area contributed by atoms with Gasteiger partial charge in [-0.3, -0.25) is 14.0 Å². The zero-order valence-electron chi connectivity index (χ0n) is 16.7. The number of esters is 1. The fourth-order valence-electron chi connectivity index (χ4n) is 3.20. The summed E-state index contributed by atoms with van der Waals surface area (Å²) in [4.78, 5) is 29.8. The van der Waals surface area contributed by atoms with Crippen molar-refractivity contribution in [3.05, 3.63) is 75.9 Å². The van der Waals surface area contributed by atoms with Gasteiger partial charge in [-0.2, -0.15) is 0 Å². The minimum absolute atomic E-state index is 0.137. The molecule has 158 valence electrons. The highest BCUT2D eigenvalue weighted by Gasteiger charge is 2.20. The second-order valence-electron chi connectivity index (χ2n) is 6.71. The van der Waals surface area contributed by atoms with E-state index in [-0.39, 0.29) is 12.4 Å². The van der Waals surface area contributed by atoms with E-state index in [9.17, 15) is 9.59 Å². The lowest BCUT2D eigenvalue weighted by atomic mass is 10.1. The molecule has 0 aliphatic carbocycles. The summed E-state index contributed by atoms with van der Waals surface area (Å²) >= 11 is 7.57. The Hall–Kier alpha value is -3.16. The van der Waals surface area contributed by atoms with Crippen LogP contribution in [0.4, 0.5) is 0 Å². The Morgan fingerprint density at radius 1 is 1.23 bits per heavy atom. The Balaban J connectivity index is 1.69. The molecule has 0 aliphatic heterocycles. The van der Waals surface area contributed by atoms with E-state index in [1.54, 1.807) is 35.7 Å². The van der Waals surface area contributed by atoms with Crippen LogP contribution < -0.4 is 4.74 Å². The number of rotatable bonds is 8. The maximum Gasteiger partial charge on any atom is 0.311 e. The van der Waals surface area contributed by atoms with Crippen molar-refractivity contribution in [3.8, 4) is 17.0 Å². The van der Waals surface area contributed by atoms with Gasteiger partial charge in [0.25, 0.3) is 0 Å². The molecule has 0 radical (unpaired) electrons. The number of aromatic nitrogens is 2. The van der Waals surface area contributed by atoms with E-state index in [1.807, 2.05) is 30.3 Å². The van der Waals surface area contributed by atoms with Gasteiger partial charge in [0, 0.05) is 21.7 Å². The molecule has 2 aromatic heterocycles. The summed E-state index contributed by atoms with van der Waals surface area (Å²) in [5, 5.41) is 0.512. The van der Waals surface area contributed by atoms with Gasteiger partial charge in [-0.15, -0.1) is 11.3 Å². The van der Waals surface area contributed by atoms with Crippen LogP contribution in [-0.2, 0) is 22.6 Å². The quantitative estimate of drug-likeness (QED) is 0.270. The predicted molar refractivity (Wildman–Crippen MR) is 120 cm³/mol. The van der Waals surface area contributed by atoms with Crippen LogP contribution in [0.15, 0.2) is 54.7 Å². The zero-order chi connectivity index (χ0) is 21.8. The number of benzene rings is 2. The Morgan fingerprint density at radius 2 is 2.03 bits per heavy atom. The Labute approximate surface area is 188 Å². The van der Waals surface area contributed by atoms with Crippen LogP contribution in [0.1, 0.15) is 27.9 Å². The van der Waals surface area contributed by atoms with Crippen LogP contribution in [-0.4, -0.2) is 28.2 Å². The van der Waals surface area contributed by atoms with Crippen LogP contribution in [0, 0.1) is 0 Å². The van der Waals surface area contributed by atoms with E-state index in [2.05, 4.69) is 4.98 Å². The largest absolute Gasteiger partial charge is 0.488 e. The molecule has 31 heavy (non-hydrogen) atoms. The molecular formula is C23H19ClN2O4S. The van der Waals surface area contributed by atoms with Crippen molar-refractivity contribution in [2.45, 2.75) is 20.0 Å². The molecule has 0 atom stereocenters. The number of aldehydes is 1. The summed E-state index contributed by atoms with van der Waals surface area (Å²) in [7, 11) is 0. The third-order valence-electron chi connectivity index (χ3n) is 4.58. The normalized spacial score (nSPS) is 10.9. The monoisotopic (exact) mass is 454 g/mol. The summed E-state index contributed by atoms with van der Waals surface area (Å²) in [5.41, 5.74) is 2.50. The standard InChI is InChI=1S/C23H19ClN2O4S/c1-2-29-21(28)11-17-12-26-19(13-27)22(25-23(26)31-17)18-10-16(24)8-9-20(18)30-14-15-6-4-3-5-7-15/h3-10,12-13H,2,11,14H2,1H3. The number of thiazole rings is 1. The molecule has 4 aromatic rings. The fourth-order valence-corrected chi connectivity index (χ4v) is 4.34. The van der Waals surface area contributed by atoms with Crippen molar-refractivity contribution in [3.63, 3.8) is 0 Å². The van der Waals surface area contributed by atoms with Gasteiger partial charge >= 0.3 is 5.97 Å². The third kappa shape index (κ3) is 4.62. The molecular weight excluding hydrogens is 436 g/mol. The van der Waals surface area contributed by atoms with Crippen molar-refractivity contribution in [1.29, 1.82) is 0 Å². The third-order valence-corrected chi connectivity index (χ3v) is 5.80. The van der Waals surface area contributed by atoms with Crippen molar-refractivity contribution >= 4 is 40.2 Å². The van der Waals surface area contributed by atoms with E-state index in [0.29, 0.717) is 45.9 Å². The summed E-state index contributed by atoms with van der Waals surface area (Å²) in [5.74, 6) is 0.264. The Morgan fingerprint density at radius 3 is 2.77 bits per heavy atom. The lowest BCUT2D eigenvalue weighted by Crippen LogP contribution is -2.06. The number of ether oxygens (including phenoxy) is 2. The van der Waals surface area contributed by atoms with Crippen LogP contribution in [0.2, 0.25) is 5.02 Å². The minimum atomic E-state index is -0.314. The van der Waals surface area contributed by atoms with E-state index in [4.69, 9.17) is 21.1 Å². The van der Waals surface area contributed by atoms with Crippen molar-refractivity contribution in [1.82, 2.24) is 9.38 Å². The Kier molecular flexibility index (Phi) is 6.34. The van der Waals surface area contributed by atoms with E-state index >= 15 is 0 Å². The minimum Gasteiger partial charge on any atom is -0.488 e. The lowest BCUT2D eigenvalue weighted by molar-refractivity contribution is -0.142. The highest BCUT2D eigenvalue weighted by atomic mass is 35.5. The number of nitrogens with zero attached hydrogens (tertiary/aromatic N) is 2. The van der Waals surface area contributed by atoms with Gasteiger partial charge in [0.15, 0.2) is 11.2 Å². The van der Waals surface area contributed by atoms with Crippen LogP contribution in [0.3, 0.4) is 0 Å². The zero-order valence-corrected chi connectivity index (χ0v) is 18.3. The molecule has 0 fully saturated rings. The molecule has 0 bridgehead atoms. The van der Waals surface area contributed by atoms with E-state index < -0.39 is 0 Å². The molecule has 0 N–H and O–H groups in total. The molecule has 2 heterocycles. The number of imidazole rings is 1. The summed E-state index contributed by atoms with van der Waals surface area (Å²) in [6.07, 6.45) is 2.63. The molecule has 0 amide bonds. The molecule has 0 unspecified atom stereocenters. The van der Waals surface area contributed by atoms with E-state index in [0.717, 1.165) is 16.7 Å². The highest BCUT2D eigenvalue weighted by molar-refractivity contribution is 7.17. The first kappa shape index (κ1) is 21.1. The average molecular weight is 455 g/mol. The molecule has 6 nitrogen and oxygen atoms in total. The number of fused-ring (bicyclic) bond motifs is 1. The summed E-state index contributed by atoms with van der Waals surface area (Å²) < 4.78 is 12.7. The maximum absolute atomic E-state index is 12.0. The van der Waals surface area contributed by atoms with Gasteiger partial charge in [-0.25, -0.2) is 4.98 Å². The second-order valence-corrected chi connectivity index (χ2v) is 8.24. The predicted octanol–water partition coefficient (Wildman–Crippen LogP) is 5.21. The molecule has 0 saturated carbocycles. The summed E-state index contributed by atoms with van der Waals surface area (Å²) in [6, 6.07) is 15.0. The summed E-state index contributed by atoms with van der Waals surface area (Å²) in [6.45, 7) is 2.46. The van der Waals surface area contributed by atoms with Crippen LogP contribution in [0.5, 0.6) is 5.75 Å². The number of halogens is 1. The van der Waals surface area contributed by atoms with Gasteiger partial charge in [-0.1, -0.05) is 41.9 Å². The number of carbonyl (C=O) groups excluding carboxylic acids is 2. The van der Waals surface area contributed by atoms with Gasteiger partial charge in [0.05, 0.1) is 13.0 Å². The fraction of sp³-hybridized carbons (Fsp3) is 0.174. The first-order chi connectivity index (χ1) is 15.1. The van der Waals surface area contributed by atoms with Crippen molar-refractivity contribution in [2.75, 3.05) is 6.61 Å². The van der Waals surface area contributed by atoms with Crippen molar-refractivity contribution < 1.29 is 19.1 Å². The first-order valence-electron chi connectivity index (χ1n) is 9.67. The molecule has 0 spiro atoms. The number of hydrogen-bond donors (Lipinski definition) is 0. The average Bonchev–Trinajstić information content (AvgIpc) is 3.30. The molecule has 4 rings (SSSR count). The number of hydrogen-bond acceptors (Lipinski definition) is 6. The van der Waals surface area contributed by atoms with Gasteiger partial charge in [0.1, 0.15) is 23.7 Å².